The average molecular weight is 288 g/mol. The number of anilines is 1. The maximum absolute atomic E-state index is 10.8. The van der Waals surface area contributed by atoms with Crippen molar-refractivity contribution in [2.24, 2.45) is 0 Å². The van der Waals surface area contributed by atoms with E-state index in [0.29, 0.717) is 18.7 Å². The number of non-ortho nitro benzene ring substituents is 1. The lowest BCUT2D eigenvalue weighted by molar-refractivity contribution is -0.384. The van der Waals surface area contributed by atoms with E-state index >= 15 is 0 Å². The van der Waals surface area contributed by atoms with Gasteiger partial charge < -0.3 is 5.32 Å². The number of benzene rings is 1. The van der Waals surface area contributed by atoms with Crippen LogP contribution in [0.1, 0.15) is 5.56 Å². The molecule has 2 rings (SSSR count). The normalized spacial score (nSPS) is 10.1. The number of pyridine rings is 1. The summed E-state index contributed by atoms with van der Waals surface area (Å²) >= 11 is 0. The number of hydrogen-bond donors (Lipinski definition) is 1. The Morgan fingerprint density at radius 2 is 1.76 bits per heavy atom. The van der Waals surface area contributed by atoms with E-state index in [1.807, 2.05) is 0 Å². The van der Waals surface area contributed by atoms with E-state index in [-0.39, 0.29) is 11.4 Å². The Labute approximate surface area is 119 Å². The first-order valence-electron chi connectivity index (χ1n) is 6.13. The van der Waals surface area contributed by atoms with Gasteiger partial charge in [-0.2, -0.15) is 0 Å². The van der Waals surface area contributed by atoms with E-state index in [1.54, 1.807) is 12.1 Å². The van der Waals surface area contributed by atoms with Crippen molar-refractivity contribution in [1.82, 2.24) is 4.98 Å². The van der Waals surface area contributed by atoms with Gasteiger partial charge in [0.2, 0.25) is 0 Å². The number of nitro groups is 2. The van der Waals surface area contributed by atoms with Crippen LogP contribution in [0.2, 0.25) is 0 Å². The fourth-order valence-corrected chi connectivity index (χ4v) is 1.81. The molecule has 0 saturated heterocycles. The van der Waals surface area contributed by atoms with Crippen LogP contribution in [0.3, 0.4) is 0 Å². The van der Waals surface area contributed by atoms with Gasteiger partial charge in [0.1, 0.15) is 11.9 Å². The molecule has 0 atom stereocenters. The third-order valence-electron chi connectivity index (χ3n) is 2.87. The Kier molecular flexibility index (Phi) is 4.39. The van der Waals surface area contributed by atoms with E-state index in [4.69, 9.17) is 0 Å². The molecule has 2 aromatic rings. The van der Waals surface area contributed by atoms with E-state index < -0.39 is 9.85 Å². The SMILES string of the molecule is O=[N+]([O-])c1ccc(CCNc2ccncc2[N+](=O)[O-])cc1. The van der Waals surface area contributed by atoms with Crippen LogP contribution >= 0.6 is 0 Å². The van der Waals surface area contributed by atoms with E-state index in [2.05, 4.69) is 10.3 Å². The molecule has 0 spiro atoms. The maximum Gasteiger partial charge on any atom is 0.310 e. The summed E-state index contributed by atoms with van der Waals surface area (Å²) in [5, 5.41) is 24.3. The summed E-state index contributed by atoms with van der Waals surface area (Å²) in [5.74, 6) is 0. The molecule has 0 aliphatic rings. The predicted molar refractivity (Wildman–Crippen MR) is 76.2 cm³/mol. The molecule has 0 aliphatic heterocycles. The highest BCUT2D eigenvalue weighted by molar-refractivity contribution is 5.59. The third-order valence-corrected chi connectivity index (χ3v) is 2.87. The summed E-state index contributed by atoms with van der Waals surface area (Å²) < 4.78 is 0. The van der Waals surface area contributed by atoms with Crippen molar-refractivity contribution in [3.63, 3.8) is 0 Å². The quantitative estimate of drug-likeness (QED) is 0.645. The molecule has 108 valence electrons. The monoisotopic (exact) mass is 288 g/mol. The molecule has 0 bridgehead atoms. The summed E-state index contributed by atoms with van der Waals surface area (Å²) in [7, 11) is 0. The Morgan fingerprint density at radius 1 is 1.05 bits per heavy atom. The van der Waals surface area contributed by atoms with Gasteiger partial charge in [-0.3, -0.25) is 25.2 Å². The summed E-state index contributed by atoms with van der Waals surface area (Å²) in [4.78, 5) is 24.1. The molecule has 8 heteroatoms. The summed E-state index contributed by atoms with van der Waals surface area (Å²) in [5.41, 5.74) is 1.26. The number of hydrogen-bond acceptors (Lipinski definition) is 6. The third kappa shape index (κ3) is 3.72. The zero-order valence-electron chi connectivity index (χ0n) is 10.9. The van der Waals surface area contributed by atoms with Crippen LogP contribution in [0.15, 0.2) is 42.7 Å². The Morgan fingerprint density at radius 3 is 2.38 bits per heavy atom. The molecule has 0 saturated carbocycles. The lowest BCUT2D eigenvalue weighted by Crippen LogP contribution is -2.07. The smallest absolute Gasteiger partial charge is 0.310 e. The molecule has 0 amide bonds. The highest BCUT2D eigenvalue weighted by atomic mass is 16.6. The molecule has 21 heavy (non-hydrogen) atoms. The van der Waals surface area contributed by atoms with E-state index in [1.165, 1.54) is 30.6 Å². The Hall–Kier alpha value is -3.03. The average Bonchev–Trinajstić information content (AvgIpc) is 2.48. The minimum atomic E-state index is -0.499. The van der Waals surface area contributed by atoms with Crippen molar-refractivity contribution < 1.29 is 9.85 Å². The highest BCUT2D eigenvalue weighted by Crippen LogP contribution is 2.21. The second-order valence-electron chi connectivity index (χ2n) is 4.25. The lowest BCUT2D eigenvalue weighted by Gasteiger charge is -2.06. The van der Waals surface area contributed by atoms with Crippen LogP contribution in [-0.2, 0) is 6.42 Å². The van der Waals surface area contributed by atoms with Gasteiger partial charge >= 0.3 is 5.69 Å². The molecule has 8 nitrogen and oxygen atoms in total. The fraction of sp³-hybridized carbons (Fsp3) is 0.154. The molecule has 0 unspecified atom stereocenters. The summed E-state index contributed by atoms with van der Waals surface area (Å²) in [6.45, 7) is 0.475. The van der Waals surface area contributed by atoms with Crippen molar-refractivity contribution in [3.05, 3.63) is 68.5 Å². The first kappa shape index (κ1) is 14.4. The minimum Gasteiger partial charge on any atom is -0.379 e. The van der Waals surface area contributed by atoms with Crippen molar-refractivity contribution in [2.45, 2.75) is 6.42 Å². The standard InChI is InChI=1S/C13H12N4O4/c18-16(19)11-3-1-10(2-4-11)5-8-15-12-6-7-14-9-13(12)17(20)21/h1-4,6-7,9H,5,8H2,(H,14,15). The van der Waals surface area contributed by atoms with Crippen molar-refractivity contribution in [1.29, 1.82) is 0 Å². The van der Waals surface area contributed by atoms with Gasteiger partial charge in [-0.15, -0.1) is 0 Å². The van der Waals surface area contributed by atoms with Gasteiger partial charge in [0, 0.05) is 24.9 Å². The van der Waals surface area contributed by atoms with E-state index in [0.717, 1.165) is 5.56 Å². The molecular formula is C13H12N4O4. The number of rotatable bonds is 6. The van der Waals surface area contributed by atoms with Gasteiger partial charge in [0.15, 0.2) is 0 Å². The summed E-state index contributed by atoms with van der Waals surface area (Å²) in [6.07, 6.45) is 3.26. The zero-order valence-corrected chi connectivity index (χ0v) is 10.9. The lowest BCUT2D eigenvalue weighted by atomic mass is 10.1. The second-order valence-corrected chi connectivity index (χ2v) is 4.25. The molecule has 1 N–H and O–H groups in total. The number of aromatic nitrogens is 1. The van der Waals surface area contributed by atoms with Crippen LogP contribution in [-0.4, -0.2) is 21.4 Å². The van der Waals surface area contributed by atoms with Gasteiger partial charge in [-0.25, -0.2) is 0 Å². The van der Waals surface area contributed by atoms with E-state index in [9.17, 15) is 20.2 Å². The van der Waals surface area contributed by atoms with Crippen LogP contribution in [0, 0.1) is 20.2 Å². The van der Waals surface area contributed by atoms with Gasteiger partial charge in [0.25, 0.3) is 5.69 Å². The number of nitrogens with zero attached hydrogens (tertiary/aromatic N) is 3. The van der Waals surface area contributed by atoms with Crippen molar-refractivity contribution in [2.75, 3.05) is 11.9 Å². The summed E-state index contributed by atoms with van der Waals surface area (Å²) in [6, 6.07) is 7.74. The minimum absolute atomic E-state index is 0.0384. The molecule has 0 fully saturated rings. The number of nitro benzene ring substituents is 1. The molecular weight excluding hydrogens is 276 g/mol. The van der Waals surface area contributed by atoms with Crippen molar-refractivity contribution in [3.8, 4) is 0 Å². The van der Waals surface area contributed by atoms with Crippen LogP contribution in [0.25, 0.3) is 0 Å². The second kappa shape index (κ2) is 6.42. The Bertz CT molecular complexity index is 657. The first-order chi connectivity index (χ1) is 10.1. The van der Waals surface area contributed by atoms with Crippen LogP contribution < -0.4 is 5.32 Å². The van der Waals surface area contributed by atoms with Crippen molar-refractivity contribution >= 4 is 17.1 Å². The maximum atomic E-state index is 10.8. The fourth-order valence-electron chi connectivity index (χ4n) is 1.81. The zero-order chi connectivity index (χ0) is 15.2. The predicted octanol–water partition coefficient (Wildman–Crippen LogP) is 2.55. The van der Waals surface area contributed by atoms with Gasteiger partial charge in [-0.1, -0.05) is 12.1 Å². The first-order valence-corrected chi connectivity index (χ1v) is 6.13. The number of nitrogens with one attached hydrogen (secondary N) is 1. The molecule has 0 aliphatic carbocycles. The Balaban J connectivity index is 1.95. The molecule has 1 heterocycles. The molecule has 1 aromatic heterocycles. The topological polar surface area (TPSA) is 111 Å². The van der Waals surface area contributed by atoms with Crippen LogP contribution in [0.4, 0.5) is 17.1 Å². The highest BCUT2D eigenvalue weighted by Gasteiger charge is 2.12. The molecule has 1 aromatic carbocycles. The largest absolute Gasteiger partial charge is 0.379 e. The van der Waals surface area contributed by atoms with Crippen LogP contribution in [0.5, 0.6) is 0 Å². The molecule has 0 radical (unpaired) electrons. The van der Waals surface area contributed by atoms with Gasteiger partial charge in [0.05, 0.1) is 9.85 Å². The van der Waals surface area contributed by atoms with Gasteiger partial charge in [-0.05, 0) is 18.1 Å².